The van der Waals surface area contributed by atoms with Crippen LogP contribution in [0.4, 0.5) is 5.95 Å². The Kier molecular flexibility index (Phi) is 19.3. The maximum Gasteiger partial charge on any atom is 0.329 e. The van der Waals surface area contributed by atoms with Crippen molar-refractivity contribution in [1.29, 1.82) is 0 Å². The van der Waals surface area contributed by atoms with Crippen LogP contribution in [0, 0.1) is 10.8 Å². The minimum Gasteiger partial charge on any atom is -0.481 e. The number of aliphatic carboxylic acids is 2. The lowest BCUT2D eigenvalue weighted by atomic mass is 9.72. The third-order valence-corrected chi connectivity index (χ3v) is 9.09. The number of hydrogen-bond donors (Lipinski definition) is 5. The number of carbonyl (C=O) groups is 4. The second-order valence-corrected chi connectivity index (χ2v) is 15.3. The number of carboxylic acids is 2. The highest BCUT2D eigenvalue weighted by atomic mass is 32.2. The second-order valence-electron chi connectivity index (χ2n) is 13.6. The van der Waals surface area contributed by atoms with E-state index in [-0.39, 0.29) is 87.1 Å². The lowest BCUT2D eigenvalue weighted by molar-refractivity contribution is -0.148. The van der Waals surface area contributed by atoms with Crippen LogP contribution in [-0.4, -0.2) is 118 Å². The Morgan fingerprint density at radius 1 is 0.755 bits per heavy atom. The first-order valence-electron chi connectivity index (χ1n) is 17.3. The highest BCUT2D eigenvalue weighted by Crippen LogP contribution is 2.37. The van der Waals surface area contributed by atoms with E-state index in [0.717, 1.165) is 31.2 Å². The number of carboxylic acid groups (broad SMARTS) is 2. The van der Waals surface area contributed by atoms with E-state index in [1.807, 2.05) is 0 Å². The summed E-state index contributed by atoms with van der Waals surface area (Å²) in [5.74, 6) is -2.86. The molecule has 0 radical (unpaired) electrons. The molecule has 1 heterocycles. The Balaban J connectivity index is 1.61. The molecule has 0 atom stereocenters. The normalized spacial score (nSPS) is 11.9. The van der Waals surface area contributed by atoms with Gasteiger partial charge < -0.3 is 39.8 Å². The molecule has 2 amide bonds. The predicted molar refractivity (Wildman–Crippen MR) is 193 cm³/mol. The number of nitrogens with zero attached hydrogens (tertiary/aromatic N) is 2. The molecular weight excluding hydrogens is 714 g/mol. The van der Waals surface area contributed by atoms with E-state index in [1.165, 1.54) is 24.5 Å². The first-order valence-corrected chi connectivity index (χ1v) is 18.7. The molecule has 0 aliphatic heterocycles. The van der Waals surface area contributed by atoms with E-state index in [0.29, 0.717) is 6.42 Å². The molecule has 0 aliphatic rings. The van der Waals surface area contributed by atoms with Crippen LogP contribution in [0.15, 0.2) is 41.6 Å². The van der Waals surface area contributed by atoms with Crippen LogP contribution >= 0.6 is 0 Å². The van der Waals surface area contributed by atoms with Crippen molar-refractivity contribution in [3.05, 3.63) is 47.8 Å². The Bertz CT molecular complexity index is 1550. The molecule has 5 N–H and O–H groups in total. The minimum absolute atomic E-state index is 0.0402. The van der Waals surface area contributed by atoms with Gasteiger partial charge in [0.25, 0.3) is 15.9 Å². The molecule has 2 aromatic rings. The lowest BCUT2D eigenvalue weighted by Gasteiger charge is -2.32. The van der Waals surface area contributed by atoms with Gasteiger partial charge in [-0.3, -0.25) is 14.4 Å². The number of ether oxygens (including phenoxy) is 4. The molecule has 0 unspecified atom stereocenters. The second kappa shape index (κ2) is 22.8. The molecule has 1 aromatic heterocycles. The van der Waals surface area contributed by atoms with Crippen LogP contribution < -0.4 is 15.4 Å². The number of benzene rings is 1. The number of amides is 2. The smallest absolute Gasteiger partial charge is 0.329 e. The van der Waals surface area contributed by atoms with Gasteiger partial charge in [0.1, 0.15) is 13.2 Å². The number of hydrogen-bond acceptors (Lipinski definition) is 12. The van der Waals surface area contributed by atoms with Crippen LogP contribution in [0.1, 0.15) is 69.3 Å². The van der Waals surface area contributed by atoms with Crippen LogP contribution in [0.2, 0.25) is 0 Å². The summed E-state index contributed by atoms with van der Waals surface area (Å²) in [5.41, 5.74) is 0.208. The molecule has 0 fully saturated rings. The molecular formula is C35H53N5O12S. The van der Waals surface area contributed by atoms with Gasteiger partial charge in [0.05, 0.1) is 55.5 Å². The standard InChI is InChI=1S/C35H53N5O12S/c1-34(2,25-35(3,4)32(45)46)12-6-5-7-26-8-10-28(11-9-26)53(47,48)40-33-38-21-27(22-39-33)31(44)37-14-16-50-17-19-51-23-29(41)36-13-15-49-18-20-52-24-30(42)43/h8-11,21-22H,5-7,12-20,23-25H2,1-4H3,(H,36,41)(H,37,44)(H,42,43)(H,45,46)(H,38,39,40). The maximum absolute atomic E-state index is 12.9. The molecule has 0 saturated carbocycles. The van der Waals surface area contributed by atoms with Crippen molar-refractivity contribution < 1.29 is 56.8 Å². The predicted octanol–water partition coefficient (Wildman–Crippen LogP) is 2.51. The van der Waals surface area contributed by atoms with Gasteiger partial charge in [0.2, 0.25) is 11.9 Å². The van der Waals surface area contributed by atoms with Gasteiger partial charge >= 0.3 is 11.9 Å². The number of carbonyl (C=O) groups excluding carboxylic acids is 2. The van der Waals surface area contributed by atoms with Crippen LogP contribution in [0.3, 0.4) is 0 Å². The van der Waals surface area contributed by atoms with Crippen molar-refractivity contribution in [1.82, 2.24) is 20.6 Å². The molecule has 53 heavy (non-hydrogen) atoms. The fourth-order valence-corrected chi connectivity index (χ4v) is 6.18. The van der Waals surface area contributed by atoms with E-state index in [9.17, 15) is 32.7 Å². The molecule has 296 valence electrons. The number of nitrogens with one attached hydrogen (secondary N) is 3. The van der Waals surface area contributed by atoms with Crippen molar-refractivity contribution in [2.45, 2.75) is 64.7 Å². The largest absolute Gasteiger partial charge is 0.481 e. The van der Waals surface area contributed by atoms with Crippen LogP contribution in [0.25, 0.3) is 0 Å². The average Bonchev–Trinajstić information content (AvgIpc) is 3.08. The molecule has 17 nitrogen and oxygen atoms in total. The van der Waals surface area contributed by atoms with Crippen LogP contribution in [-0.2, 0) is 49.8 Å². The fraction of sp³-hybridized carbons (Fsp3) is 0.600. The number of rotatable bonds is 28. The van der Waals surface area contributed by atoms with Gasteiger partial charge in [-0.1, -0.05) is 32.4 Å². The summed E-state index contributed by atoms with van der Waals surface area (Å²) in [5, 5.41) is 23.1. The van der Waals surface area contributed by atoms with Crippen molar-refractivity contribution >= 4 is 39.7 Å². The molecule has 0 spiro atoms. The number of anilines is 1. The summed E-state index contributed by atoms with van der Waals surface area (Å²) < 4.78 is 48.7. The van der Waals surface area contributed by atoms with E-state index >= 15 is 0 Å². The monoisotopic (exact) mass is 767 g/mol. The molecule has 1 aromatic carbocycles. The first kappa shape index (κ1) is 44.9. The zero-order valence-corrected chi connectivity index (χ0v) is 31.7. The van der Waals surface area contributed by atoms with Crippen molar-refractivity contribution in [2.24, 2.45) is 10.8 Å². The highest BCUT2D eigenvalue weighted by molar-refractivity contribution is 7.92. The third-order valence-electron chi connectivity index (χ3n) is 7.75. The van der Waals surface area contributed by atoms with Crippen molar-refractivity contribution in [3.8, 4) is 0 Å². The molecule has 2 rings (SSSR count). The lowest BCUT2D eigenvalue weighted by Crippen LogP contribution is -2.31. The quantitative estimate of drug-likeness (QED) is 0.0782. The molecule has 0 aliphatic carbocycles. The number of sulfonamides is 1. The summed E-state index contributed by atoms with van der Waals surface area (Å²) in [6.45, 7) is 8.65. The average molecular weight is 768 g/mol. The number of unbranched alkanes of at least 4 members (excludes halogenated alkanes) is 1. The summed E-state index contributed by atoms with van der Waals surface area (Å²) in [6, 6.07) is 6.53. The number of aryl methyl sites for hydroxylation is 1. The van der Waals surface area contributed by atoms with E-state index in [4.69, 9.17) is 24.1 Å². The Morgan fingerprint density at radius 3 is 1.91 bits per heavy atom. The summed E-state index contributed by atoms with van der Waals surface area (Å²) in [4.78, 5) is 53.9. The van der Waals surface area contributed by atoms with Gasteiger partial charge in [0.15, 0.2) is 0 Å². The molecule has 0 saturated heterocycles. The maximum atomic E-state index is 12.9. The number of aromatic nitrogens is 2. The molecule has 18 heteroatoms. The fourth-order valence-electron chi connectivity index (χ4n) is 5.22. The van der Waals surface area contributed by atoms with Gasteiger partial charge in [-0.2, -0.15) is 0 Å². The van der Waals surface area contributed by atoms with Crippen LogP contribution in [0.5, 0.6) is 0 Å². The summed E-state index contributed by atoms with van der Waals surface area (Å²) >= 11 is 0. The van der Waals surface area contributed by atoms with Crippen molar-refractivity contribution in [3.63, 3.8) is 0 Å². The zero-order chi connectivity index (χ0) is 39.3. The Labute approximate surface area is 310 Å². The van der Waals surface area contributed by atoms with Gasteiger partial charge in [0, 0.05) is 25.5 Å². The van der Waals surface area contributed by atoms with E-state index < -0.39 is 39.9 Å². The molecule has 0 bridgehead atoms. The summed E-state index contributed by atoms with van der Waals surface area (Å²) in [6.07, 6.45) is 6.43. The van der Waals surface area contributed by atoms with Crippen molar-refractivity contribution in [2.75, 3.05) is 70.7 Å². The van der Waals surface area contributed by atoms with Gasteiger partial charge in [-0.15, -0.1) is 0 Å². The van der Waals surface area contributed by atoms with Gasteiger partial charge in [-0.05, 0) is 62.6 Å². The highest BCUT2D eigenvalue weighted by Gasteiger charge is 2.34. The summed E-state index contributed by atoms with van der Waals surface area (Å²) in [7, 11) is -3.97. The third kappa shape index (κ3) is 18.9. The van der Waals surface area contributed by atoms with E-state index in [2.05, 4.69) is 39.2 Å². The Morgan fingerprint density at radius 2 is 1.32 bits per heavy atom. The SMILES string of the molecule is CC(C)(CCCCc1ccc(S(=O)(=O)Nc2ncc(C(=O)NCCOCCOCC(=O)NCCOCCOCC(=O)O)cn2)cc1)CC(C)(C)C(=O)O. The first-order chi connectivity index (χ1) is 25.0. The topological polar surface area (TPSA) is 242 Å². The van der Waals surface area contributed by atoms with Gasteiger partial charge in [-0.25, -0.2) is 27.9 Å². The zero-order valence-electron chi connectivity index (χ0n) is 30.9. The van der Waals surface area contributed by atoms with E-state index in [1.54, 1.807) is 26.0 Å². The minimum atomic E-state index is -3.97. The Hall–Kier alpha value is -4.23.